The summed E-state index contributed by atoms with van der Waals surface area (Å²) in [4.78, 5) is 31.9. The molecule has 9 nitrogen and oxygen atoms in total. The van der Waals surface area contributed by atoms with Crippen LogP contribution in [0.3, 0.4) is 0 Å². The Hall–Kier alpha value is -3.11. The summed E-state index contributed by atoms with van der Waals surface area (Å²) in [5.74, 6) is 1.89. The van der Waals surface area contributed by atoms with E-state index < -0.39 is 0 Å². The van der Waals surface area contributed by atoms with E-state index in [9.17, 15) is 4.79 Å². The highest BCUT2D eigenvalue weighted by Crippen LogP contribution is 2.33. The second kappa shape index (κ2) is 12.2. The molecule has 0 spiro atoms. The lowest BCUT2D eigenvalue weighted by Crippen LogP contribution is -2.44. The third kappa shape index (κ3) is 7.05. The van der Waals surface area contributed by atoms with Gasteiger partial charge in [0.15, 0.2) is 11.0 Å². The normalized spacial score (nSPS) is 18.6. The van der Waals surface area contributed by atoms with E-state index in [1.54, 1.807) is 0 Å². The molecule has 3 fully saturated rings. The fourth-order valence-electron chi connectivity index (χ4n) is 5.08. The van der Waals surface area contributed by atoms with Gasteiger partial charge in [-0.25, -0.2) is 15.0 Å². The summed E-state index contributed by atoms with van der Waals surface area (Å²) in [5, 5.41) is 3.50. The van der Waals surface area contributed by atoms with Gasteiger partial charge in [0.1, 0.15) is 11.7 Å². The zero-order valence-electron chi connectivity index (χ0n) is 22.2. The molecule has 1 saturated carbocycles. The molecular weight excluding hydrogens is 496 g/mol. The van der Waals surface area contributed by atoms with Crippen LogP contribution >= 0.6 is 11.8 Å². The van der Waals surface area contributed by atoms with E-state index in [2.05, 4.69) is 20.1 Å². The van der Waals surface area contributed by atoms with Gasteiger partial charge in [-0.15, -0.1) is 0 Å². The van der Waals surface area contributed by atoms with Crippen LogP contribution in [-0.2, 0) is 4.79 Å². The highest BCUT2D eigenvalue weighted by molar-refractivity contribution is 7.99. The number of benzene rings is 1. The molecule has 0 unspecified atom stereocenters. The number of amidine groups is 1. The highest BCUT2D eigenvalue weighted by Gasteiger charge is 2.27. The molecule has 10 heteroatoms. The number of carbonyl (C=O) groups is 1. The van der Waals surface area contributed by atoms with Crippen LogP contribution in [0.25, 0.3) is 0 Å². The van der Waals surface area contributed by atoms with E-state index in [0.717, 1.165) is 60.9 Å². The Labute approximate surface area is 229 Å². The van der Waals surface area contributed by atoms with Crippen molar-refractivity contribution in [2.24, 2.45) is 16.5 Å². The van der Waals surface area contributed by atoms with Crippen molar-refractivity contribution in [1.29, 1.82) is 0 Å². The fraction of sp³-hybridized carbons (Fsp3) is 0.500. The fourth-order valence-corrected chi connectivity index (χ4v) is 5.85. The van der Waals surface area contributed by atoms with Gasteiger partial charge in [0.05, 0.1) is 0 Å². The topological polar surface area (TPSA) is 126 Å². The monoisotopic (exact) mass is 534 g/mol. The molecule has 5 N–H and O–H groups in total. The summed E-state index contributed by atoms with van der Waals surface area (Å²) in [7, 11) is 0. The quantitative estimate of drug-likeness (QED) is 0.245. The third-order valence-corrected chi connectivity index (χ3v) is 8.25. The van der Waals surface area contributed by atoms with Gasteiger partial charge in [-0.1, -0.05) is 12.5 Å². The van der Waals surface area contributed by atoms with Gasteiger partial charge >= 0.3 is 0 Å². The molecule has 3 heterocycles. The van der Waals surface area contributed by atoms with E-state index in [1.165, 1.54) is 43.3 Å². The Balaban J connectivity index is 1.34. The maximum atomic E-state index is 11.7. The number of likely N-dealkylation sites (tertiary alicyclic amines) is 1. The minimum absolute atomic E-state index is 0.00648. The number of rotatable bonds is 9. The largest absolute Gasteiger partial charge is 0.402 e. The smallest absolute Gasteiger partial charge is 0.224 e. The van der Waals surface area contributed by atoms with E-state index in [0.29, 0.717) is 35.7 Å². The van der Waals surface area contributed by atoms with Gasteiger partial charge in [0, 0.05) is 54.3 Å². The van der Waals surface area contributed by atoms with Gasteiger partial charge in [-0.2, -0.15) is 0 Å². The molecule has 1 aliphatic carbocycles. The SMILES string of the molecule is CCC(=O)Nc1ccc(Sc2nc(N=C(N)CC(N)=C3CC3)cc(N3CCC(N4CCCC4)CC3)n2)cc1. The van der Waals surface area contributed by atoms with Crippen LogP contribution in [-0.4, -0.2) is 58.8 Å². The second-order valence-electron chi connectivity index (χ2n) is 10.3. The Bertz CT molecular complexity index is 1190. The standard InChI is InChI=1S/C28H38N8OS/c1-2-27(37)31-20-7-9-22(10-8-20)38-28-33-25(32-24(30)17-23(29)19-5-6-19)18-26(34-28)36-15-11-21(12-16-36)35-13-3-4-14-35/h7-10,18,21H,2-6,11-17,29H2,1H3,(H,31,37)(H2,30,32,33,34). The number of hydrogen-bond acceptors (Lipinski definition) is 8. The molecule has 2 saturated heterocycles. The van der Waals surface area contributed by atoms with Gasteiger partial charge < -0.3 is 26.6 Å². The lowest BCUT2D eigenvalue weighted by atomic mass is 10.0. The van der Waals surface area contributed by atoms with Crippen molar-refractivity contribution >= 4 is 40.8 Å². The molecule has 38 heavy (non-hydrogen) atoms. The van der Waals surface area contributed by atoms with Crippen molar-refractivity contribution in [3.8, 4) is 0 Å². The van der Waals surface area contributed by atoms with Crippen LogP contribution in [0.5, 0.6) is 0 Å². The van der Waals surface area contributed by atoms with E-state index in [1.807, 2.05) is 37.3 Å². The van der Waals surface area contributed by atoms with Gasteiger partial charge in [0.2, 0.25) is 5.91 Å². The first kappa shape index (κ1) is 26.5. The molecule has 0 radical (unpaired) electrons. The summed E-state index contributed by atoms with van der Waals surface area (Å²) in [6.45, 7) is 6.23. The molecule has 5 rings (SSSR count). The van der Waals surface area contributed by atoms with E-state index >= 15 is 0 Å². The molecular formula is C28H38N8OS. The molecule has 202 valence electrons. The first-order valence-corrected chi connectivity index (χ1v) is 14.5. The lowest BCUT2D eigenvalue weighted by Gasteiger charge is -2.37. The second-order valence-corrected chi connectivity index (χ2v) is 11.3. The van der Waals surface area contributed by atoms with Crippen molar-refractivity contribution in [1.82, 2.24) is 14.9 Å². The highest BCUT2D eigenvalue weighted by atomic mass is 32.2. The molecule has 1 amide bonds. The number of aromatic nitrogens is 2. The predicted molar refractivity (Wildman–Crippen MR) is 154 cm³/mol. The first-order valence-electron chi connectivity index (χ1n) is 13.7. The van der Waals surface area contributed by atoms with E-state index in [4.69, 9.17) is 21.4 Å². The number of nitrogens with one attached hydrogen (secondary N) is 1. The third-order valence-electron chi connectivity index (χ3n) is 7.38. The van der Waals surface area contributed by atoms with Crippen molar-refractivity contribution in [2.75, 3.05) is 36.4 Å². The number of nitrogens with two attached hydrogens (primary N) is 2. The Morgan fingerprint density at radius 3 is 2.45 bits per heavy atom. The molecule has 1 aromatic carbocycles. The number of piperidine rings is 1. The minimum Gasteiger partial charge on any atom is -0.402 e. The number of aliphatic imine (C=N–C) groups is 1. The number of amides is 1. The van der Waals surface area contributed by atoms with Crippen molar-refractivity contribution in [2.45, 2.75) is 74.4 Å². The zero-order chi connectivity index (χ0) is 26.5. The summed E-state index contributed by atoms with van der Waals surface area (Å²) in [5.41, 5.74) is 15.3. The number of nitrogens with zero attached hydrogens (tertiary/aromatic N) is 5. The van der Waals surface area contributed by atoms with Gasteiger partial charge in [-0.05, 0) is 87.6 Å². The maximum absolute atomic E-state index is 11.7. The van der Waals surface area contributed by atoms with Crippen LogP contribution in [0, 0.1) is 0 Å². The summed E-state index contributed by atoms with van der Waals surface area (Å²) in [6, 6.07) is 10.3. The number of allylic oxidation sites excluding steroid dienone is 1. The van der Waals surface area contributed by atoms with E-state index in [-0.39, 0.29) is 5.91 Å². The van der Waals surface area contributed by atoms with Crippen molar-refractivity contribution < 1.29 is 4.79 Å². The van der Waals surface area contributed by atoms with Crippen LogP contribution < -0.4 is 21.7 Å². The molecule has 2 aromatic rings. The first-order chi connectivity index (χ1) is 18.5. The van der Waals surface area contributed by atoms with Crippen molar-refractivity contribution in [3.05, 3.63) is 41.6 Å². The van der Waals surface area contributed by atoms with Crippen LogP contribution in [0.4, 0.5) is 17.3 Å². The van der Waals surface area contributed by atoms with Gasteiger partial charge in [-0.3, -0.25) is 4.79 Å². The van der Waals surface area contributed by atoms with Crippen LogP contribution in [0.15, 0.2) is 56.6 Å². The summed E-state index contributed by atoms with van der Waals surface area (Å²) < 4.78 is 0. The Morgan fingerprint density at radius 1 is 1.08 bits per heavy atom. The molecule has 0 atom stereocenters. The molecule has 0 bridgehead atoms. The Morgan fingerprint density at radius 2 is 1.79 bits per heavy atom. The summed E-state index contributed by atoms with van der Waals surface area (Å²) >= 11 is 1.48. The zero-order valence-corrected chi connectivity index (χ0v) is 23.0. The van der Waals surface area contributed by atoms with Crippen LogP contribution in [0.2, 0.25) is 0 Å². The minimum atomic E-state index is -0.00648. The molecule has 3 aliphatic rings. The number of anilines is 2. The average Bonchev–Trinajstić information content (AvgIpc) is 3.64. The summed E-state index contributed by atoms with van der Waals surface area (Å²) in [6.07, 6.45) is 7.96. The van der Waals surface area contributed by atoms with Crippen molar-refractivity contribution in [3.63, 3.8) is 0 Å². The maximum Gasteiger partial charge on any atom is 0.224 e. The van der Waals surface area contributed by atoms with Gasteiger partial charge in [0.25, 0.3) is 0 Å². The lowest BCUT2D eigenvalue weighted by molar-refractivity contribution is -0.115. The average molecular weight is 535 g/mol. The molecule has 1 aromatic heterocycles. The number of hydrogen-bond donors (Lipinski definition) is 3. The molecule has 2 aliphatic heterocycles. The number of carbonyl (C=O) groups excluding carboxylic acids is 1. The Kier molecular flexibility index (Phi) is 8.48. The van der Waals surface area contributed by atoms with Crippen LogP contribution in [0.1, 0.15) is 58.3 Å². The predicted octanol–water partition coefficient (Wildman–Crippen LogP) is 4.43.